The normalized spacial score (nSPS) is 11.8. The van der Waals surface area contributed by atoms with Crippen LogP contribution in [-0.2, 0) is 10.0 Å². The molecule has 1 aromatic heterocycles. The van der Waals surface area contributed by atoms with E-state index in [1.807, 2.05) is 27.9 Å². The van der Waals surface area contributed by atoms with Crippen LogP contribution in [0.4, 0.5) is 5.13 Å². The van der Waals surface area contributed by atoms with Gasteiger partial charge in [-0.25, -0.2) is 13.4 Å². The molecule has 0 N–H and O–H groups in total. The summed E-state index contributed by atoms with van der Waals surface area (Å²) >= 11 is 1.50. The Kier molecular flexibility index (Phi) is 9.19. The van der Waals surface area contributed by atoms with Crippen molar-refractivity contribution in [1.29, 1.82) is 0 Å². The van der Waals surface area contributed by atoms with Gasteiger partial charge >= 0.3 is 0 Å². The number of anilines is 1. The number of amides is 1. The molecule has 0 spiro atoms. The molecule has 9 heteroatoms. The topological polar surface area (TPSA) is 73.8 Å². The van der Waals surface area contributed by atoms with E-state index < -0.39 is 10.0 Å². The molecule has 36 heavy (non-hydrogen) atoms. The minimum Gasteiger partial charge on any atom is -0.309 e. The van der Waals surface area contributed by atoms with Crippen LogP contribution in [-0.4, -0.2) is 68.8 Å². The largest absolute Gasteiger partial charge is 0.309 e. The van der Waals surface area contributed by atoms with Crippen LogP contribution < -0.4 is 4.90 Å². The fourth-order valence-electron chi connectivity index (χ4n) is 3.94. The minimum atomic E-state index is -3.74. The Morgan fingerprint density at radius 3 is 2.25 bits per heavy atom. The lowest BCUT2D eigenvalue weighted by atomic mass is 10.1. The van der Waals surface area contributed by atoms with E-state index in [0.29, 0.717) is 17.2 Å². The van der Waals surface area contributed by atoms with Gasteiger partial charge in [0.1, 0.15) is 0 Å². The summed E-state index contributed by atoms with van der Waals surface area (Å²) in [4.78, 5) is 22.3. The number of rotatable bonds is 12. The van der Waals surface area contributed by atoms with E-state index in [1.165, 1.54) is 39.9 Å². The molecule has 0 saturated carbocycles. The van der Waals surface area contributed by atoms with Crippen molar-refractivity contribution in [3.05, 3.63) is 78.4 Å². The first kappa shape index (κ1) is 27.7. The maximum atomic E-state index is 13.6. The standard InChI is InChI=1S/C27H34N4O3S2/c1-7-14-30(15-8-2)36(33,34)23-12-10-22(11-13-23)26(32)31(17-9-16-29(5)6)27-28-25-21(4)18-20(3)19-24(25)35-27/h7-8,10-13,18-19H,1-2,9,14-17H2,3-6H3. The van der Waals surface area contributed by atoms with E-state index >= 15 is 0 Å². The van der Waals surface area contributed by atoms with Gasteiger partial charge in [-0.3, -0.25) is 9.69 Å². The quantitative estimate of drug-likeness (QED) is 0.315. The molecule has 0 fully saturated rings. The van der Waals surface area contributed by atoms with E-state index in [-0.39, 0.29) is 23.9 Å². The molecule has 3 rings (SSSR count). The molecule has 7 nitrogen and oxygen atoms in total. The van der Waals surface area contributed by atoms with Gasteiger partial charge < -0.3 is 4.90 Å². The molecule has 0 saturated heterocycles. The van der Waals surface area contributed by atoms with Crippen molar-refractivity contribution in [1.82, 2.24) is 14.2 Å². The first-order valence-corrected chi connectivity index (χ1v) is 14.0. The second-order valence-corrected chi connectivity index (χ2v) is 11.9. The van der Waals surface area contributed by atoms with Gasteiger partial charge in [-0.1, -0.05) is 29.6 Å². The third-order valence-corrected chi connectivity index (χ3v) is 8.56. The summed E-state index contributed by atoms with van der Waals surface area (Å²) < 4.78 is 28.4. The predicted molar refractivity (Wildman–Crippen MR) is 150 cm³/mol. The molecule has 0 unspecified atom stereocenters. The Labute approximate surface area is 218 Å². The van der Waals surface area contributed by atoms with Crippen LogP contribution in [0, 0.1) is 13.8 Å². The van der Waals surface area contributed by atoms with E-state index in [0.717, 1.165) is 34.3 Å². The molecular weight excluding hydrogens is 492 g/mol. The first-order valence-electron chi connectivity index (χ1n) is 11.7. The van der Waals surface area contributed by atoms with Crippen molar-refractivity contribution in [3.8, 4) is 0 Å². The SMILES string of the molecule is C=CCN(CC=C)S(=O)(=O)c1ccc(C(=O)N(CCCN(C)C)c2nc3c(C)cc(C)cc3s2)cc1. The molecule has 0 atom stereocenters. The van der Waals surface area contributed by atoms with E-state index in [4.69, 9.17) is 4.98 Å². The summed E-state index contributed by atoms with van der Waals surface area (Å²) in [5, 5.41) is 0.641. The minimum absolute atomic E-state index is 0.119. The molecule has 0 aliphatic rings. The van der Waals surface area contributed by atoms with Crippen molar-refractivity contribution >= 4 is 42.6 Å². The van der Waals surface area contributed by atoms with Crippen molar-refractivity contribution in [3.63, 3.8) is 0 Å². The number of sulfonamides is 1. The lowest BCUT2D eigenvalue weighted by molar-refractivity contribution is 0.0986. The number of hydrogen-bond donors (Lipinski definition) is 0. The third-order valence-electron chi connectivity index (χ3n) is 5.69. The zero-order valence-corrected chi connectivity index (χ0v) is 23.0. The highest BCUT2D eigenvalue weighted by Gasteiger charge is 2.25. The second kappa shape index (κ2) is 11.9. The monoisotopic (exact) mass is 526 g/mol. The van der Waals surface area contributed by atoms with Crippen molar-refractivity contribution in [2.24, 2.45) is 0 Å². The molecule has 1 amide bonds. The smallest absolute Gasteiger partial charge is 0.260 e. The fraction of sp³-hybridized carbons (Fsp3) is 0.333. The summed E-state index contributed by atoms with van der Waals surface area (Å²) in [5.41, 5.74) is 3.53. The van der Waals surface area contributed by atoms with Crippen LogP contribution in [0.1, 0.15) is 27.9 Å². The van der Waals surface area contributed by atoms with Gasteiger partial charge in [0.05, 0.1) is 15.1 Å². The lowest BCUT2D eigenvalue weighted by Crippen LogP contribution is -2.33. The van der Waals surface area contributed by atoms with Crippen LogP contribution in [0.5, 0.6) is 0 Å². The first-order chi connectivity index (χ1) is 17.1. The van der Waals surface area contributed by atoms with E-state index in [9.17, 15) is 13.2 Å². The summed E-state index contributed by atoms with van der Waals surface area (Å²) in [6, 6.07) is 10.3. The maximum Gasteiger partial charge on any atom is 0.260 e. The van der Waals surface area contributed by atoms with Crippen molar-refractivity contribution < 1.29 is 13.2 Å². The Morgan fingerprint density at radius 2 is 1.67 bits per heavy atom. The van der Waals surface area contributed by atoms with Crippen molar-refractivity contribution in [2.75, 3.05) is 45.2 Å². The number of aryl methyl sites for hydroxylation is 2. The molecule has 0 aliphatic heterocycles. The summed E-state index contributed by atoms with van der Waals surface area (Å²) in [6.07, 6.45) is 3.84. The van der Waals surface area contributed by atoms with Gasteiger partial charge in [0.15, 0.2) is 5.13 Å². The molecule has 0 bridgehead atoms. The molecular formula is C27H34N4O3S2. The molecule has 2 aromatic carbocycles. The second-order valence-electron chi connectivity index (χ2n) is 8.96. The Morgan fingerprint density at radius 1 is 1.03 bits per heavy atom. The third kappa shape index (κ3) is 6.28. The number of fused-ring (bicyclic) bond motifs is 1. The maximum absolute atomic E-state index is 13.6. The van der Waals surface area contributed by atoms with Crippen LogP contribution >= 0.6 is 11.3 Å². The molecule has 3 aromatic rings. The van der Waals surface area contributed by atoms with Crippen LogP contribution in [0.25, 0.3) is 10.2 Å². The zero-order chi connectivity index (χ0) is 26.5. The highest BCUT2D eigenvalue weighted by atomic mass is 32.2. The fourth-order valence-corrected chi connectivity index (χ4v) is 6.48. The van der Waals surface area contributed by atoms with Gasteiger partial charge in [-0.15, -0.1) is 13.2 Å². The number of hydrogen-bond acceptors (Lipinski definition) is 6. The highest BCUT2D eigenvalue weighted by molar-refractivity contribution is 7.89. The Bertz CT molecular complexity index is 1340. The molecule has 0 aliphatic carbocycles. The molecule has 1 heterocycles. The van der Waals surface area contributed by atoms with Gasteiger partial charge in [-0.2, -0.15) is 4.31 Å². The summed E-state index contributed by atoms with van der Waals surface area (Å²) in [5.74, 6) is -0.208. The van der Waals surface area contributed by atoms with Crippen LogP contribution in [0.3, 0.4) is 0 Å². The van der Waals surface area contributed by atoms with Gasteiger partial charge in [-0.05, 0) is 82.4 Å². The number of aromatic nitrogens is 1. The van der Waals surface area contributed by atoms with E-state index in [2.05, 4.69) is 30.2 Å². The Hall–Kier alpha value is -2.85. The van der Waals surface area contributed by atoms with Crippen molar-refractivity contribution in [2.45, 2.75) is 25.2 Å². The highest BCUT2D eigenvalue weighted by Crippen LogP contribution is 2.32. The van der Waals surface area contributed by atoms with Crippen LogP contribution in [0.15, 0.2) is 66.6 Å². The van der Waals surface area contributed by atoms with Crippen LogP contribution in [0.2, 0.25) is 0 Å². The zero-order valence-electron chi connectivity index (χ0n) is 21.4. The number of benzene rings is 2. The summed E-state index contributed by atoms with van der Waals surface area (Å²) in [6.45, 7) is 13.0. The number of carbonyl (C=O) groups is 1. The number of thiazole rings is 1. The van der Waals surface area contributed by atoms with Gasteiger partial charge in [0.25, 0.3) is 5.91 Å². The number of carbonyl (C=O) groups excluding carboxylic acids is 1. The Balaban J connectivity index is 1.94. The van der Waals surface area contributed by atoms with Gasteiger partial charge in [0, 0.05) is 25.2 Å². The summed E-state index contributed by atoms with van der Waals surface area (Å²) in [7, 11) is 0.254. The van der Waals surface area contributed by atoms with Gasteiger partial charge in [0.2, 0.25) is 10.0 Å². The lowest BCUT2D eigenvalue weighted by Gasteiger charge is -2.22. The average molecular weight is 527 g/mol. The molecule has 192 valence electrons. The number of nitrogens with zero attached hydrogens (tertiary/aromatic N) is 4. The average Bonchev–Trinajstić information content (AvgIpc) is 3.25. The molecule has 0 radical (unpaired) electrons. The predicted octanol–water partition coefficient (Wildman–Crippen LogP) is 4.87. The van der Waals surface area contributed by atoms with E-state index in [1.54, 1.807) is 17.0 Å².